The van der Waals surface area contributed by atoms with Crippen LogP contribution >= 0.6 is 63.0 Å². The van der Waals surface area contributed by atoms with Gasteiger partial charge >= 0.3 is 12.2 Å². The van der Waals surface area contributed by atoms with Crippen molar-refractivity contribution in [1.29, 1.82) is 0 Å². The molecule has 3 N–H and O–H groups in total. The smallest absolute Gasteiger partial charge is 0.416 e. The standard InChI is InChI=1S/C33H34ClFN4O4.C31H31ClFN3O4.C24H18BrClN2OS/c1-22(40)38-18-16-37(17-19-38)14-2-20-42-26-8-3-23(4-9-26)32-31-28(29-21-24(34)5-12-30(29)36-31)13-15-39(32)33(41)43-27-10-6-25(35)7-11-27;32-22-4-11-28-27(20-22)26-12-14-36(31(37)40-25-9-5-23(33)6-10-25)30(29(26)34-28)21-2-7-24(8-3-21)39-17-1-13-35-15-18-38-19-16-35;25-16-8-6-15(7-9-16)23-22-19(20-14-17(26)10-11-21(20)27-22)12-13-28(23)24(30)29-18-4-2-1-3-5-18/h3-12,21,32,36H,2,13-20H2,1H3;2-11,20,30,34H,1,12-19H2;1-11,14,23,27H,12-13H2. The van der Waals surface area contributed by atoms with Gasteiger partial charge in [0.25, 0.3) is 5.17 Å². The van der Waals surface area contributed by atoms with Gasteiger partial charge in [0.15, 0.2) is 0 Å². The van der Waals surface area contributed by atoms with E-state index in [1.165, 1.54) is 59.5 Å². The fourth-order valence-corrected chi connectivity index (χ4v) is 16.7. The number of ether oxygens (including phenoxy) is 6. The minimum Gasteiger partial charge on any atom is -0.494 e. The van der Waals surface area contributed by atoms with Crippen LogP contribution in [-0.2, 0) is 28.8 Å². The van der Waals surface area contributed by atoms with Crippen LogP contribution in [0.3, 0.4) is 0 Å². The molecule has 0 radical (unpaired) electrons. The van der Waals surface area contributed by atoms with Crippen LogP contribution in [0.4, 0.5) is 18.4 Å². The molecular weight excluding hydrogens is 1580 g/mol. The second-order valence-corrected chi connectivity index (χ2v) is 31.0. The van der Waals surface area contributed by atoms with Crippen molar-refractivity contribution >= 4 is 119 Å². The van der Waals surface area contributed by atoms with E-state index in [0.717, 1.165) is 190 Å². The number of carbonyl (C=O) groups excluding carboxylic acids is 3. The highest BCUT2D eigenvalue weighted by Crippen LogP contribution is 2.44. The van der Waals surface area contributed by atoms with E-state index in [9.17, 15) is 23.2 Å². The van der Waals surface area contributed by atoms with E-state index < -0.39 is 30.1 Å². The van der Waals surface area contributed by atoms with Crippen LogP contribution in [0.5, 0.6) is 28.7 Å². The van der Waals surface area contributed by atoms with Crippen molar-refractivity contribution in [3.05, 3.63) is 288 Å². The lowest BCUT2D eigenvalue weighted by Gasteiger charge is -2.37. The number of aromatic amines is 3. The van der Waals surface area contributed by atoms with E-state index in [1.54, 1.807) is 16.7 Å². The molecule has 3 atom stereocenters. The van der Waals surface area contributed by atoms with Crippen molar-refractivity contribution in [3.8, 4) is 28.7 Å². The average molecular weight is 1670 g/mol. The molecule has 582 valence electrons. The first-order valence-electron chi connectivity index (χ1n) is 37.9. The predicted octanol–water partition coefficient (Wildman–Crippen LogP) is 19.1. The molecule has 0 saturated carbocycles. The Labute approximate surface area is 682 Å². The van der Waals surface area contributed by atoms with Crippen LogP contribution in [0.2, 0.25) is 15.1 Å². The molecule has 8 heterocycles. The van der Waals surface area contributed by atoms with E-state index in [0.29, 0.717) is 60.1 Å². The molecule has 2 saturated heterocycles. The van der Waals surface area contributed by atoms with Gasteiger partial charge in [0.2, 0.25) is 5.91 Å². The summed E-state index contributed by atoms with van der Waals surface area (Å²) in [4.78, 5) is 61.3. The number of amides is 3. The Morgan fingerprint density at radius 2 is 0.823 bits per heavy atom. The Bertz CT molecular complexity index is 5340. The maximum absolute atomic E-state index is 13.5. The Morgan fingerprint density at radius 1 is 0.451 bits per heavy atom. The van der Waals surface area contributed by atoms with Crippen molar-refractivity contribution in [2.45, 2.75) is 57.2 Å². The number of nitrogens with one attached hydrogen (secondary N) is 3. The number of fused-ring (bicyclic) bond motifs is 9. The number of benzene rings is 9. The number of thiocarbonyl (C=S) groups is 1. The quantitative estimate of drug-likeness (QED) is 0.0617. The van der Waals surface area contributed by atoms with Gasteiger partial charge in [0.1, 0.15) is 52.5 Å². The zero-order chi connectivity index (χ0) is 78.1. The molecule has 0 spiro atoms. The van der Waals surface area contributed by atoms with Crippen LogP contribution in [0.15, 0.2) is 211 Å². The molecule has 3 unspecified atom stereocenters. The topological polar surface area (TPSA) is 173 Å². The number of hydrogen-bond acceptors (Lipinski definition) is 12. The maximum Gasteiger partial charge on any atom is 0.416 e. The molecule has 9 aromatic carbocycles. The molecule has 113 heavy (non-hydrogen) atoms. The average Bonchev–Trinajstić information content (AvgIpc) is 1.63. The normalized spacial score (nSPS) is 16.9. The summed E-state index contributed by atoms with van der Waals surface area (Å²) in [5, 5.41) is 5.81. The molecule has 0 aliphatic carbocycles. The highest BCUT2D eigenvalue weighted by molar-refractivity contribution is 9.10. The van der Waals surface area contributed by atoms with Gasteiger partial charge in [-0.25, -0.2) is 18.4 Å². The number of piperazine rings is 1. The number of rotatable bonds is 16. The van der Waals surface area contributed by atoms with Crippen LogP contribution in [-0.4, -0.2) is 166 Å². The first kappa shape index (κ1) is 78.3. The number of aromatic nitrogens is 3. The summed E-state index contributed by atoms with van der Waals surface area (Å²) >= 11 is 28.2. The fraction of sp³-hybridized carbons (Fsp3) is 0.273. The molecule has 17 rings (SSSR count). The minimum absolute atomic E-state index is 0.0655. The molecular formula is C88H83BrCl3F2N9O9S. The van der Waals surface area contributed by atoms with Gasteiger partial charge < -0.3 is 53.2 Å². The van der Waals surface area contributed by atoms with Crippen molar-refractivity contribution < 1.29 is 51.6 Å². The van der Waals surface area contributed by atoms with Gasteiger partial charge in [-0.05, 0) is 229 Å². The first-order valence-corrected chi connectivity index (χ1v) is 40.2. The molecule has 2 fully saturated rings. The van der Waals surface area contributed by atoms with Crippen molar-refractivity contribution in [2.24, 2.45) is 0 Å². The lowest BCUT2D eigenvalue weighted by Crippen LogP contribution is -2.48. The maximum atomic E-state index is 13.5. The van der Waals surface area contributed by atoms with E-state index >= 15 is 0 Å². The molecule has 25 heteroatoms. The Hall–Kier alpha value is -10.0. The molecule has 5 aliphatic heterocycles. The summed E-state index contributed by atoms with van der Waals surface area (Å²) in [5.74, 6) is 2.20. The van der Waals surface area contributed by atoms with Gasteiger partial charge in [-0.3, -0.25) is 24.4 Å². The van der Waals surface area contributed by atoms with E-state index in [4.69, 9.17) is 75.4 Å². The SMILES string of the molecule is CC(=O)N1CCN(CCCOc2ccc(C3c4[nH]c5ccc(Cl)cc5c4CCN3C(=O)Oc3ccc(F)cc3)cc2)CC1.O=C(Oc1ccc(F)cc1)N1CCc2c([nH]c3ccc(Cl)cc23)C1c1ccc(OCCCN2CCOCC2)cc1.S=C(Oc1ccccc1)N1CCc2c([nH]c3ccc(Cl)cc23)C1c1ccc(Br)cc1. The van der Waals surface area contributed by atoms with Crippen LogP contribution in [0, 0.1) is 11.6 Å². The van der Waals surface area contributed by atoms with Crippen molar-refractivity contribution in [1.82, 2.24) is 44.4 Å². The highest BCUT2D eigenvalue weighted by atomic mass is 79.9. The van der Waals surface area contributed by atoms with Crippen LogP contribution in [0.1, 0.15) is 88.4 Å². The first-order chi connectivity index (χ1) is 55.0. The fourth-order valence-electron chi connectivity index (χ4n) is 15.6. The molecule has 3 aromatic heterocycles. The van der Waals surface area contributed by atoms with E-state index in [-0.39, 0.29) is 23.5 Å². The van der Waals surface area contributed by atoms with Gasteiger partial charge in [-0.1, -0.05) is 105 Å². The summed E-state index contributed by atoms with van der Waals surface area (Å²) in [7, 11) is 0. The summed E-state index contributed by atoms with van der Waals surface area (Å²) in [6, 6.07) is 61.3. The summed E-state index contributed by atoms with van der Waals surface area (Å²) < 4.78 is 62.7. The van der Waals surface area contributed by atoms with Gasteiger partial charge in [0, 0.05) is 148 Å². The summed E-state index contributed by atoms with van der Waals surface area (Å²) in [6.07, 6.45) is 2.96. The predicted molar refractivity (Wildman–Crippen MR) is 444 cm³/mol. The van der Waals surface area contributed by atoms with Crippen LogP contribution in [0.25, 0.3) is 32.7 Å². The lowest BCUT2D eigenvalue weighted by atomic mass is 9.92. The van der Waals surface area contributed by atoms with Crippen molar-refractivity contribution in [2.75, 3.05) is 98.4 Å². The van der Waals surface area contributed by atoms with E-state index in [2.05, 4.69) is 69.8 Å². The summed E-state index contributed by atoms with van der Waals surface area (Å²) in [6.45, 7) is 13.3. The number of nitrogens with zero attached hydrogens (tertiary/aromatic N) is 6. The molecule has 12 aromatic rings. The third kappa shape index (κ3) is 18.6. The second kappa shape index (κ2) is 36.0. The number of carbonyl (C=O) groups is 3. The second-order valence-electron chi connectivity index (χ2n) is 28.4. The third-order valence-electron chi connectivity index (χ3n) is 21.2. The number of halogens is 6. The molecule has 5 aliphatic rings. The molecule has 0 bridgehead atoms. The Morgan fingerprint density at radius 3 is 1.24 bits per heavy atom. The zero-order valence-electron chi connectivity index (χ0n) is 62.0. The number of hydrogen-bond donors (Lipinski definition) is 3. The minimum atomic E-state index is -0.511. The van der Waals surface area contributed by atoms with Gasteiger partial charge in [-0.2, -0.15) is 0 Å². The Balaban J connectivity index is 0.000000136. The number of morpholine rings is 1. The van der Waals surface area contributed by atoms with Gasteiger partial charge in [0.05, 0.1) is 32.5 Å². The Kier molecular flexibility index (Phi) is 24.9. The highest BCUT2D eigenvalue weighted by Gasteiger charge is 2.39. The monoisotopic (exact) mass is 1660 g/mol. The third-order valence-corrected chi connectivity index (χ3v) is 22.8. The lowest BCUT2D eigenvalue weighted by molar-refractivity contribution is -0.130. The number of para-hydroxylation sites is 1. The largest absolute Gasteiger partial charge is 0.494 e. The summed E-state index contributed by atoms with van der Waals surface area (Å²) in [5.41, 5.74) is 12.5. The molecule has 18 nitrogen and oxygen atoms in total. The van der Waals surface area contributed by atoms with Gasteiger partial charge in [-0.15, -0.1) is 0 Å². The number of H-pyrrole nitrogens is 3. The zero-order valence-corrected chi connectivity index (χ0v) is 66.7. The molecule has 3 amide bonds. The van der Waals surface area contributed by atoms with E-state index in [1.807, 2.05) is 138 Å². The van der Waals surface area contributed by atoms with Crippen LogP contribution < -0.4 is 23.7 Å². The van der Waals surface area contributed by atoms with Crippen molar-refractivity contribution in [3.63, 3.8) is 0 Å².